The second-order valence-electron chi connectivity index (χ2n) is 7.17. The molecule has 0 saturated carbocycles. The fourth-order valence-electron chi connectivity index (χ4n) is 3.28. The number of nitrogens with one attached hydrogen (secondary N) is 1. The monoisotopic (exact) mass is 485 g/mol. The largest absolute Gasteiger partial charge is 0.477 e. The Balaban J connectivity index is 1.73. The molecule has 2 aromatic rings. The number of nitro benzene ring substituents is 1. The van der Waals surface area contributed by atoms with Gasteiger partial charge in [-0.15, -0.1) is 0 Å². The SMILES string of the molecule is O=C(COc1cc(F)ccc1[N+](=O)[O-])Nc1cc(S(=O)(=O)N2CCCCCC2)ccc1Cl. The van der Waals surface area contributed by atoms with Crippen LogP contribution in [0.1, 0.15) is 25.7 Å². The number of hydrogen-bond acceptors (Lipinski definition) is 6. The van der Waals surface area contributed by atoms with Gasteiger partial charge in [-0.2, -0.15) is 4.31 Å². The van der Waals surface area contributed by atoms with Gasteiger partial charge >= 0.3 is 5.69 Å². The summed E-state index contributed by atoms with van der Waals surface area (Å²) in [7, 11) is -3.76. The number of amides is 1. The molecule has 2 aromatic carbocycles. The highest BCUT2D eigenvalue weighted by atomic mass is 35.5. The molecule has 0 aromatic heterocycles. The van der Waals surface area contributed by atoms with Crippen molar-refractivity contribution < 1.29 is 27.3 Å². The molecule has 0 unspecified atom stereocenters. The summed E-state index contributed by atoms with van der Waals surface area (Å²) in [6, 6.07) is 6.61. The van der Waals surface area contributed by atoms with Crippen LogP contribution in [0, 0.1) is 15.9 Å². The Morgan fingerprint density at radius 1 is 1.16 bits per heavy atom. The summed E-state index contributed by atoms with van der Waals surface area (Å²) in [5, 5.41) is 13.6. The number of benzene rings is 2. The van der Waals surface area contributed by atoms with E-state index >= 15 is 0 Å². The Morgan fingerprint density at radius 2 is 1.84 bits per heavy atom. The van der Waals surface area contributed by atoms with Crippen molar-refractivity contribution in [3.63, 3.8) is 0 Å². The highest BCUT2D eigenvalue weighted by Gasteiger charge is 2.26. The molecule has 1 heterocycles. The second-order valence-corrected chi connectivity index (χ2v) is 9.51. The zero-order valence-electron chi connectivity index (χ0n) is 16.9. The first-order chi connectivity index (χ1) is 15.2. The Kier molecular flexibility index (Phi) is 7.64. The van der Waals surface area contributed by atoms with E-state index in [2.05, 4.69) is 5.32 Å². The van der Waals surface area contributed by atoms with E-state index in [1.54, 1.807) is 0 Å². The Hall–Kier alpha value is -2.76. The predicted molar refractivity (Wildman–Crippen MR) is 116 cm³/mol. The molecule has 0 aliphatic carbocycles. The van der Waals surface area contributed by atoms with Crippen molar-refractivity contribution in [2.24, 2.45) is 0 Å². The van der Waals surface area contributed by atoms with Gasteiger partial charge in [0.15, 0.2) is 6.61 Å². The third kappa shape index (κ3) is 5.72. The minimum absolute atomic E-state index is 0.0132. The van der Waals surface area contributed by atoms with Crippen molar-refractivity contribution in [3.05, 3.63) is 57.4 Å². The summed E-state index contributed by atoms with van der Waals surface area (Å²) in [6.45, 7) is 0.170. The van der Waals surface area contributed by atoms with E-state index < -0.39 is 44.7 Å². The zero-order chi connectivity index (χ0) is 23.3. The number of nitrogens with zero attached hydrogens (tertiary/aromatic N) is 2. The van der Waals surface area contributed by atoms with Gasteiger partial charge in [0.25, 0.3) is 5.91 Å². The van der Waals surface area contributed by atoms with E-state index in [0.717, 1.165) is 43.9 Å². The molecule has 1 aliphatic rings. The fourth-order valence-corrected chi connectivity index (χ4v) is 4.98. The maximum absolute atomic E-state index is 13.4. The molecule has 1 amide bonds. The van der Waals surface area contributed by atoms with Crippen LogP contribution < -0.4 is 10.1 Å². The molecule has 0 atom stereocenters. The Labute approximate surface area is 189 Å². The zero-order valence-corrected chi connectivity index (χ0v) is 18.5. The van der Waals surface area contributed by atoms with Crippen molar-refractivity contribution >= 4 is 38.9 Å². The van der Waals surface area contributed by atoms with E-state index in [-0.39, 0.29) is 15.6 Å². The van der Waals surface area contributed by atoms with Crippen LogP contribution in [-0.2, 0) is 14.8 Å². The smallest absolute Gasteiger partial charge is 0.311 e. The van der Waals surface area contributed by atoms with Crippen LogP contribution >= 0.6 is 11.6 Å². The van der Waals surface area contributed by atoms with Crippen molar-refractivity contribution in [2.45, 2.75) is 30.6 Å². The van der Waals surface area contributed by atoms with Crippen LogP contribution in [0.2, 0.25) is 5.02 Å². The van der Waals surface area contributed by atoms with Gasteiger partial charge in [-0.25, -0.2) is 12.8 Å². The molecule has 1 N–H and O–H groups in total. The number of halogens is 2. The molecule has 0 spiro atoms. The van der Waals surface area contributed by atoms with E-state index in [0.29, 0.717) is 13.1 Å². The van der Waals surface area contributed by atoms with Gasteiger partial charge in [0.05, 0.1) is 20.5 Å². The molecule has 0 bridgehead atoms. The maximum Gasteiger partial charge on any atom is 0.311 e. The average molecular weight is 486 g/mol. The molecule has 32 heavy (non-hydrogen) atoms. The van der Waals surface area contributed by atoms with E-state index in [4.69, 9.17) is 16.3 Å². The van der Waals surface area contributed by atoms with Crippen LogP contribution in [0.3, 0.4) is 0 Å². The summed E-state index contributed by atoms with van der Waals surface area (Å²) >= 11 is 6.10. The maximum atomic E-state index is 13.4. The standard InChI is InChI=1S/C20H21ClFN3O6S/c21-16-7-6-15(32(29,30)24-9-3-1-2-4-10-24)12-17(16)23-20(26)13-31-19-11-14(22)5-8-18(19)25(27)28/h5-8,11-12H,1-4,9-10,13H2,(H,23,26). The van der Waals surface area contributed by atoms with Gasteiger partial charge in [0.1, 0.15) is 5.82 Å². The van der Waals surface area contributed by atoms with Crippen LogP contribution in [0.25, 0.3) is 0 Å². The predicted octanol–water partition coefficient (Wildman–Crippen LogP) is 3.97. The summed E-state index contributed by atoms with van der Waals surface area (Å²) < 4.78 is 45.9. The number of carbonyl (C=O) groups is 1. The number of carbonyl (C=O) groups excluding carboxylic acids is 1. The number of rotatable bonds is 7. The lowest BCUT2D eigenvalue weighted by Gasteiger charge is -2.20. The lowest BCUT2D eigenvalue weighted by Crippen LogP contribution is -2.32. The Morgan fingerprint density at radius 3 is 2.50 bits per heavy atom. The summed E-state index contributed by atoms with van der Waals surface area (Å²) in [4.78, 5) is 22.5. The minimum atomic E-state index is -3.76. The first kappa shape index (κ1) is 23.9. The molecule has 1 fully saturated rings. The van der Waals surface area contributed by atoms with Crippen LogP contribution in [-0.4, -0.2) is 43.2 Å². The summed E-state index contributed by atoms with van der Waals surface area (Å²) in [6.07, 6.45) is 3.49. The van der Waals surface area contributed by atoms with Crippen LogP contribution in [0.15, 0.2) is 41.3 Å². The van der Waals surface area contributed by atoms with Crippen molar-refractivity contribution in [1.29, 1.82) is 0 Å². The highest BCUT2D eigenvalue weighted by Crippen LogP contribution is 2.29. The molecule has 9 nitrogen and oxygen atoms in total. The van der Waals surface area contributed by atoms with Gasteiger partial charge in [0, 0.05) is 25.2 Å². The average Bonchev–Trinajstić information content (AvgIpc) is 3.04. The molecular weight excluding hydrogens is 465 g/mol. The van der Waals surface area contributed by atoms with E-state index in [1.165, 1.54) is 22.5 Å². The quantitative estimate of drug-likeness (QED) is 0.468. The van der Waals surface area contributed by atoms with Gasteiger partial charge in [-0.3, -0.25) is 14.9 Å². The van der Waals surface area contributed by atoms with Gasteiger partial charge < -0.3 is 10.1 Å². The normalized spacial score (nSPS) is 15.1. The second kappa shape index (κ2) is 10.2. The lowest BCUT2D eigenvalue weighted by molar-refractivity contribution is -0.385. The molecular formula is C20H21ClFN3O6S. The van der Waals surface area contributed by atoms with Crippen LogP contribution in [0.5, 0.6) is 5.75 Å². The number of sulfonamides is 1. The van der Waals surface area contributed by atoms with Crippen molar-refractivity contribution in [3.8, 4) is 5.75 Å². The van der Waals surface area contributed by atoms with Gasteiger partial charge in [-0.1, -0.05) is 24.4 Å². The van der Waals surface area contributed by atoms with Crippen molar-refractivity contribution in [2.75, 3.05) is 25.0 Å². The molecule has 1 saturated heterocycles. The fraction of sp³-hybridized carbons (Fsp3) is 0.350. The molecule has 3 rings (SSSR count). The number of hydrogen-bond donors (Lipinski definition) is 1. The van der Waals surface area contributed by atoms with Crippen LogP contribution in [0.4, 0.5) is 15.8 Å². The molecule has 12 heteroatoms. The number of nitro groups is 1. The highest BCUT2D eigenvalue weighted by molar-refractivity contribution is 7.89. The number of anilines is 1. The third-order valence-corrected chi connectivity index (χ3v) is 7.12. The van der Waals surface area contributed by atoms with Crippen molar-refractivity contribution in [1.82, 2.24) is 4.31 Å². The van der Waals surface area contributed by atoms with E-state index in [9.17, 15) is 27.7 Å². The Bertz CT molecular complexity index is 1120. The van der Waals surface area contributed by atoms with Gasteiger partial charge in [0.2, 0.25) is 15.8 Å². The first-order valence-corrected chi connectivity index (χ1v) is 11.7. The minimum Gasteiger partial charge on any atom is -0.477 e. The van der Waals surface area contributed by atoms with E-state index in [1.807, 2.05) is 0 Å². The molecule has 172 valence electrons. The number of ether oxygens (including phenoxy) is 1. The summed E-state index contributed by atoms with van der Waals surface area (Å²) in [5.41, 5.74) is -0.451. The topological polar surface area (TPSA) is 119 Å². The third-order valence-electron chi connectivity index (χ3n) is 4.89. The first-order valence-electron chi connectivity index (χ1n) is 9.85. The summed E-state index contributed by atoms with van der Waals surface area (Å²) in [5.74, 6) is -1.93. The molecule has 0 radical (unpaired) electrons. The lowest BCUT2D eigenvalue weighted by atomic mass is 10.2. The molecule has 1 aliphatic heterocycles. The van der Waals surface area contributed by atoms with Gasteiger partial charge in [-0.05, 0) is 37.1 Å².